The van der Waals surface area contributed by atoms with Crippen molar-refractivity contribution in [2.24, 2.45) is 0 Å². The van der Waals surface area contributed by atoms with Gasteiger partial charge in [-0.15, -0.1) is 0 Å². The SMILES string of the molecule is O=C(O)c1cc([N+](=O)[O-])ccc1OCCCC1CCCO1. The number of hydrogen-bond acceptors (Lipinski definition) is 5. The minimum Gasteiger partial charge on any atom is -0.493 e. The molecule has 1 aliphatic heterocycles. The third-order valence-electron chi connectivity index (χ3n) is 3.36. The standard InChI is InChI=1S/C14H17NO6/c16-14(17)12-9-10(15(18)19)5-6-13(12)21-8-2-4-11-3-1-7-20-11/h5-6,9,11H,1-4,7-8H2,(H,16,17). The molecule has 0 radical (unpaired) electrons. The highest BCUT2D eigenvalue weighted by Crippen LogP contribution is 2.25. The van der Waals surface area contributed by atoms with Gasteiger partial charge in [-0.1, -0.05) is 0 Å². The molecule has 1 saturated heterocycles. The summed E-state index contributed by atoms with van der Waals surface area (Å²) in [6, 6.07) is 3.58. The van der Waals surface area contributed by atoms with E-state index >= 15 is 0 Å². The Morgan fingerprint density at radius 1 is 1.52 bits per heavy atom. The molecule has 1 fully saturated rings. The number of non-ortho nitro benzene ring substituents is 1. The quantitative estimate of drug-likeness (QED) is 0.471. The van der Waals surface area contributed by atoms with E-state index < -0.39 is 10.9 Å². The Morgan fingerprint density at radius 3 is 2.95 bits per heavy atom. The molecule has 0 amide bonds. The lowest BCUT2D eigenvalue weighted by atomic mass is 10.1. The Labute approximate surface area is 121 Å². The number of rotatable bonds is 7. The van der Waals surface area contributed by atoms with Gasteiger partial charge in [0.15, 0.2) is 0 Å². The Kier molecular flexibility index (Phi) is 5.10. The van der Waals surface area contributed by atoms with E-state index in [1.807, 2.05) is 0 Å². The highest BCUT2D eigenvalue weighted by molar-refractivity contribution is 5.91. The van der Waals surface area contributed by atoms with Crippen LogP contribution in [0.25, 0.3) is 0 Å². The van der Waals surface area contributed by atoms with Crippen molar-refractivity contribution >= 4 is 11.7 Å². The van der Waals surface area contributed by atoms with Crippen LogP contribution in [0.3, 0.4) is 0 Å². The van der Waals surface area contributed by atoms with Crippen LogP contribution in [0.1, 0.15) is 36.0 Å². The lowest BCUT2D eigenvalue weighted by Gasteiger charge is -2.11. The lowest BCUT2D eigenvalue weighted by molar-refractivity contribution is -0.384. The van der Waals surface area contributed by atoms with Gasteiger partial charge in [-0.25, -0.2) is 4.79 Å². The van der Waals surface area contributed by atoms with E-state index in [1.165, 1.54) is 12.1 Å². The van der Waals surface area contributed by atoms with Crippen LogP contribution in [0, 0.1) is 10.1 Å². The van der Waals surface area contributed by atoms with Crippen molar-refractivity contribution in [1.29, 1.82) is 0 Å². The summed E-state index contributed by atoms with van der Waals surface area (Å²) in [6.07, 6.45) is 4.02. The Balaban J connectivity index is 1.92. The lowest BCUT2D eigenvalue weighted by Crippen LogP contribution is -2.09. The molecule has 1 aromatic rings. The molecule has 114 valence electrons. The average molecular weight is 295 g/mol. The molecule has 0 saturated carbocycles. The molecule has 7 nitrogen and oxygen atoms in total. The molecule has 1 unspecified atom stereocenters. The summed E-state index contributed by atoms with van der Waals surface area (Å²) in [6.45, 7) is 1.16. The fraction of sp³-hybridized carbons (Fsp3) is 0.500. The van der Waals surface area contributed by atoms with Gasteiger partial charge >= 0.3 is 5.97 Å². The van der Waals surface area contributed by atoms with Crippen LogP contribution in [0.4, 0.5) is 5.69 Å². The molecule has 2 rings (SSSR count). The number of carboxylic acid groups (broad SMARTS) is 1. The maximum absolute atomic E-state index is 11.1. The van der Waals surface area contributed by atoms with Crippen molar-refractivity contribution in [1.82, 2.24) is 0 Å². The Morgan fingerprint density at radius 2 is 2.33 bits per heavy atom. The first-order chi connectivity index (χ1) is 10.1. The first-order valence-corrected chi connectivity index (χ1v) is 6.84. The van der Waals surface area contributed by atoms with Gasteiger partial charge in [0.1, 0.15) is 11.3 Å². The number of benzene rings is 1. The van der Waals surface area contributed by atoms with Gasteiger partial charge in [-0.05, 0) is 31.7 Å². The smallest absolute Gasteiger partial charge is 0.339 e. The second-order valence-corrected chi connectivity index (χ2v) is 4.87. The number of ether oxygens (including phenoxy) is 2. The van der Waals surface area contributed by atoms with E-state index in [0.29, 0.717) is 6.61 Å². The molecule has 0 bridgehead atoms. The molecule has 7 heteroatoms. The fourth-order valence-corrected chi connectivity index (χ4v) is 2.29. The number of nitrogens with zero attached hydrogens (tertiary/aromatic N) is 1. The molecule has 1 N–H and O–H groups in total. The normalized spacial score (nSPS) is 17.6. The monoisotopic (exact) mass is 295 g/mol. The summed E-state index contributed by atoms with van der Waals surface area (Å²) >= 11 is 0. The molecule has 21 heavy (non-hydrogen) atoms. The second kappa shape index (κ2) is 7.03. The predicted octanol–water partition coefficient (Wildman–Crippen LogP) is 2.63. The highest BCUT2D eigenvalue weighted by Gasteiger charge is 2.18. The second-order valence-electron chi connectivity index (χ2n) is 4.87. The van der Waals surface area contributed by atoms with E-state index in [9.17, 15) is 14.9 Å². The van der Waals surface area contributed by atoms with E-state index in [2.05, 4.69) is 0 Å². The summed E-state index contributed by atoms with van der Waals surface area (Å²) in [7, 11) is 0. The van der Waals surface area contributed by atoms with E-state index in [-0.39, 0.29) is 23.1 Å². The van der Waals surface area contributed by atoms with Crippen molar-refractivity contribution in [3.8, 4) is 5.75 Å². The van der Waals surface area contributed by atoms with Gasteiger partial charge in [-0.2, -0.15) is 0 Å². The van der Waals surface area contributed by atoms with Crippen molar-refractivity contribution in [2.75, 3.05) is 13.2 Å². The Bertz CT molecular complexity index is 524. The zero-order chi connectivity index (χ0) is 15.2. The third-order valence-corrected chi connectivity index (χ3v) is 3.36. The van der Waals surface area contributed by atoms with Gasteiger partial charge in [0.2, 0.25) is 0 Å². The third kappa shape index (κ3) is 4.16. The molecular weight excluding hydrogens is 278 g/mol. The van der Waals surface area contributed by atoms with Gasteiger partial charge in [0.25, 0.3) is 5.69 Å². The van der Waals surface area contributed by atoms with E-state index in [4.69, 9.17) is 14.6 Å². The van der Waals surface area contributed by atoms with Gasteiger partial charge in [-0.3, -0.25) is 10.1 Å². The largest absolute Gasteiger partial charge is 0.493 e. The summed E-state index contributed by atoms with van der Waals surface area (Å²) in [4.78, 5) is 21.1. The van der Waals surface area contributed by atoms with Crippen molar-refractivity contribution in [2.45, 2.75) is 31.8 Å². The number of hydrogen-bond donors (Lipinski definition) is 1. The molecule has 1 heterocycles. The van der Waals surface area contributed by atoms with E-state index in [0.717, 1.165) is 38.4 Å². The van der Waals surface area contributed by atoms with Gasteiger partial charge in [0, 0.05) is 18.7 Å². The van der Waals surface area contributed by atoms with E-state index in [1.54, 1.807) is 0 Å². The first-order valence-electron chi connectivity index (χ1n) is 6.84. The van der Waals surface area contributed by atoms with Crippen molar-refractivity contribution in [3.63, 3.8) is 0 Å². The number of carbonyl (C=O) groups is 1. The molecule has 0 spiro atoms. The number of nitro groups is 1. The fourth-order valence-electron chi connectivity index (χ4n) is 2.29. The summed E-state index contributed by atoms with van der Waals surface area (Å²) < 4.78 is 10.9. The Hall–Kier alpha value is -2.15. The van der Waals surface area contributed by atoms with Crippen LogP contribution in [-0.4, -0.2) is 35.3 Å². The molecular formula is C14H17NO6. The molecule has 1 atom stereocenters. The molecule has 1 aromatic carbocycles. The molecule has 1 aliphatic rings. The topological polar surface area (TPSA) is 98.9 Å². The van der Waals surface area contributed by atoms with Crippen LogP contribution < -0.4 is 4.74 Å². The maximum Gasteiger partial charge on any atom is 0.339 e. The summed E-state index contributed by atoms with van der Waals surface area (Å²) in [5, 5.41) is 19.7. The average Bonchev–Trinajstić information content (AvgIpc) is 2.96. The van der Waals surface area contributed by atoms with Crippen LogP contribution in [-0.2, 0) is 4.74 Å². The highest BCUT2D eigenvalue weighted by atomic mass is 16.6. The van der Waals surface area contributed by atoms with Crippen LogP contribution in [0.2, 0.25) is 0 Å². The minimum absolute atomic E-state index is 0.153. The number of aromatic carboxylic acids is 1. The number of nitro benzene ring substituents is 1. The first kappa shape index (κ1) is 15.2. The number of carboxylic acids is 1. The maximum atomic E-state index is 11.1. The molecule has 0 aliphatic carbocycles. The van der Waals surface area contributed by atoms with Gasteiger partial charge in [0.05, 0.1) is 17.6 Å². The van der Waals surface area contributed by atoms with Crippen LogP contribution in [0.15, 0.2) is 18.2 Å². The summed E-state index contributed by atoms with van der Waals surface area (Å²) in [5.74, 6) is -1.09. The minimum atomic E-state index is -1.24. The van der Waals surface area contributed by atoms with Gasteiger partial charge < -0.3 is 14.6 Å². The zero-order valence-electron chi connectivity index (χ0n) is 11.5. The van der Waals surface area contributed by atoms with Crippen LogP contribution in [0.5, 0.6) is 5.75 Å². The predicted molar refractivity (Wildman–Crippen MR) is 73.8 cm³/mol. The van der Waals surface area contributed by atoms with Crippen molar-refractivity contribution < 1.29 is 24.3 Å². The molecule has 0 aromatic heterocycles. The van der Waals surface area contributed by atoms with Crippen molar-refractivity contribution in [3.05, 3.63) is 33.9 Å². The summed E-state index contributed by atoms with van der Waals surface area (Å²) in [5.41, 5.74) is -0.458. The zero-order valence-corrected chi connectivity index (χ0v) is 11.5. The van der Waals surface area contributed by atoms with Crippen LogP contribution >= 0.6 is 0 Å².